The van der Waals surface area contributed by atoms with Gasteiger partial charge in [-0.25, -0.2) is 9.97 Å². The first-order valence-corrected chi connectivity index (χ1v) is 7.89. The Hall–Kier alpha value is -2.44. The van der Waals surface area contributed by atoms with Gasteiger partial charge in [-0.2, -0.15) is 5.10 Å². The van der Waals surface area contributed by atoms with Gasteiger partial charge >= 0.3 is 0 Å². The number of aromatic nitrogens is 4. The number of anilines is 2. The summed E-state index contributed by atoms with van der Waals surface area (Å²) in [7, 11) is 1.83. The van der Waals surface area contributed by atoms with Gasteiger partial charge < -0.3 is 10.2 Å². The number of amides is 1. The van der Waals surface area contributed by atoms with Crippen LogP contribution in [0.1, 0.15) is 24.2 Å². The lowest BCUT2D eigenvalue weighted by molar-refractivity contribution is -0.120. The van der Waals surface area contributed by atoms with Crippen LogP contribution in [0.25, 0.3) is 0 Å². The van der Waals surface area contributed by atoms with Gasteiger partial charge in [0.25, 0.3) is 0 Å². The van der Waals surface area contributed by atoms with Crippen LogP contribution >= 0.6 is 0 Å². The van der Waals surface area contributed by atoms with Crippen LogP contribution in [0.2, 0.25) is 0 Å². The Morgan fingerprint density at radius 2 is 2.04 bits per heavy atom. The zero-order valence-electron chi connectivity index (χ0n) is 13.8. The van der Waals surface area contributed by atoms with Crippen LogP contribution in [0, 0.1) is 19.8 Å². The number of carbonyl (C=O) groups is 1. The molecule has 3 heterocycles. The molecule has 1 aliphatic rings. The van der Waals surface area contributed by atoms with Crippen LogP contribution in [0.15, 0.2) is 18.3 Å². The molecule has 23 heavy (non-hydrogen) atoms. The number of hydrogen-bond donors (Lipinski definition) is 1. The van der Waals surface area contributed by atoms with Crippen molar-refractivity contribution < 1.29 is 4.79 Å². The maximum absolute atomic E-state index is 12.5. The van der Waals surface area contributed by atoms with Crippen LogP contribution < -0.4 is 10.2 Å². The summed E-state index contributed by atoms with van der Waals surface area (Å²) >= 11 is 0. The zero-order chi connectivity index (χ0) is 16.4. The lowest BCUT2D eigenvalue weighted by atomic mass is 9.97. The molecule has 7 heteroatoms. The number of piperidine rings is 1. The number of nitrogens with one attached hydrogen (secondary N) is 1. The fraction of sp³-hybridized carbons (Fsp3) is 0.500. The van der Waals surface area contributed by atoms with E-state index in [4.69, 9.17) is 0 Å². The molecule has 0 aromatic carbocycles. The van der Waals surface area contributed by atoms with E-state index in [9.17, 15) is 4.79 Å². The fourth-order valence-corrected chi connectivity index (χ4v) is 2.93. The van der Waals surface area contributed by atoms with Crippen molar-refractivity contribution in [3.05, 3.63) is 29.7 Å². The molecule has 0 bridgehead atoms. The average molecular weight is 314 g/mol. The van der Waals surface area contributed by atoms with Gasteiger partial charge in [0.05, 0.1) is 5.92 Å². The zero-order valence-corrected chi connectivity index (χ0v) is 13.8. The van der Waals surface area contributed by atoms with Crippen molar-refractivity contribution >= 4 is 17.7 Å². The van der Waals surface area contributed by atoms with E-state index < -0.39 is 0 Å². The predicted octanol–water partition coefficient (Wildman–Crippen LogP) is 1.68. The van der Waals surface area contributed by atoms with Crippen molar-refractivity contribution in [1.82, 2.24) is 19.7 Å². The summed E-state index contributed by atoms with van der Waals surface area (Å²) in [5, 5.41) is 7.08. The van der Waals surface area contributed by atoms with E-state index in [0.29, 0.717) is 12.4 Å². The molecule has 0 radical (unpaired) electrons. The van der Waals surface area contributed by atoms with Crippen molar-refractivity contribution in [3.8, 4) is 0 Å². The van der Waals surface area contributed by atoms with Gasteiger partial charge in [-0.3, -0.25) is 9.48 Å². The SMILES string of the molecule is Cc1cc(C)nc(N2CCC[C@@H](C(=O)Nc3ccn(C)n3)C2)n1. The lowest BCUT2D eigenvalue weighted by Crippen LogP contribution is -2.41. The minimum Gasteiger partial charge on any atom is -0.340 e. The second-order valence-electron chi connectivity index (χ2n) is 6.10. The Labute approximate surface area is 135 Å². The minimum atomic E-state index is -0.0739. The molecule has 122 valence electrons. The summed E-state index contributed by atoms with van der Waals surface area (Å²) in [5.41, 5.74) is 1.90. The lowest BCUT2D eigenvalue weighted by Gasteiger charge is -2.32. The van der Waals surface area contributed by atoms with Gasteiger partial charge in [-0.05, 0) is 32.8 Å². The van der Waals surface area contributed by atoms with Gasteiger partial charge in [0.15, 0.2) is 5.82 Å². The first-order valence-electron chi connectivity index (χ1n) is 7.89. The van der Waals surface area contributed by atoms with Crippen molar-refractivity contribution in [2.75, 3.05) is 23.3 Å². The molecule has 2 aromatic rings. The van der Waals surface area contributed by atoms with E-state index >= 15 is 0 Å². The van der Waals surface area contributed by atoms with Gasteiger partial charge in [-0.1, -0.05) is 0 Å². The third-order valence-electron chi connectivity index (χ3n) is 4.01. The molecule has 2 aromatic heterocycles. The summed E-state index contributed by atoms with van der Waals surface area (Å²) < 4.78 is 1.67. The van der Waals surface area contributed by atoms with Crippen LogP contribution in [0.3, 0.4) is 0 Å². The first-order chi connectivity index (χ1) is 11.0. The molecule has 1 atom stereocenters. The topological polar surface area (TPSA) is 75.9 Å². The average Bonchev–Trinajstić information content (AvgIpc) is 2.91. The molecule has 0 spiro atoms. The van der Waals surface area contributed by atoms with E-state index in [1.54, 1.807) is 10.7 Å². The predicted molar refractivity (Wildman–Crippen MR) is 88.3 cm³/mol. The Bertz CT molecular complexity index is 690. The van der Waals surface area contributed by atoms with E-state index in [-0.39, 0.29) is 11.8 Å². The number of rotatable bonds is 3. The summed E-state index contributed by atoms with van der Waals surface area (Å²) in [6.07, 6.45) is 3.64. The van der Waals surface area contributed by atoms with E-state index in [2.05, 4.69) is 25.3 Å². The molecule has 1 saturated heterocycles. The highest BCUT2D eigenvalue weighted by molar-refractivity contribution is 5.92. The summed E-state index contributed by atoms with van der Waals surface area (Å²) in [6, 6.07) is 3.75. The van der Waals surface area contributed by atoms with Gasteiger partial charge in [0.1, 0.15) is 0 Å². The maximum Gasteiger partial charge on any atom is 0.230 e. The molecule has 1 fully saturated rings. The Balaban J connectivity index is 1.69. The number of nitrogens with zero attached hydrogens (tertiary/aromatic N) is 5. The third kappa shape index (κ3) is 3.67. The van der Waals surface area contributed by atoms with E-state index in [1.165, 1.54) is 0 Å². The maximum atomic E-state index is 12.5. The van der Waals surface area contributed by atoms with Gasteiger partial charge in [0.2, 0.25) is 11.9 Å². The van der Waals surface area contributed by atoms with E-state index in [1.807, 2.05) is 33.2 Å². The Morgan fingerprint density at radius 1 is 1.30 bits per heavy atom. The third-order valence-corrected chi connectivity index (χ3v) is 4.01. The standard InChI is InChI=1S/C16H22N6O/c1-11-9-12(2)18-16(17-11)22-7-4-5-13(10-22)15(23)19-14-6-8-21(3)20-14/h6,8-9,13H,4-5,7,10H2,1-3H3,(H,19,20,23)/t13-/m1/s1. The molecule has 7 nitrogen and oxygen atoms in total. The number of hydrogen-bond acceptors (Lipinski definition) is 5. The molecule has 0 saturated carbocycles. The van der Waals surface area contributed by atoms with Crippen LogP contribution in [0.5, 0.6) is 0 Å². The molecule has 1 aliphatic heterocycles. The van der Waals surface area contributed by atoms with Gasteiger partial charge in [-0.15, -0.1) is 0 Å². The Kier molecular flexibility index (Phi) is 4.27. The highest BCUT2D eigenvalue weighted by Gasteiger charge is 2.27. The highest BCUT2D eigenvalue weighted by atomic mass is 16.2. The molecule has 1 amide bonds. The number of carbonyl (C=O) groups excluding carboxylic acids is 1. The molecule has 1 N–H and O–H groups in total. The van der Waals surface area contributed by atoms with Crippen molar-refractivity contribution in [2.45, 2.75) is 26.7 Å². The molecular weight excluding hydrogens is 292 g/mol. The van der Waals surface area contributed by atoms with Crippen molar-refractivity contribution in [3.63, 3.8) is 0 Å². The summed E-state index contributed by atoms with van der Waals surface area (Å²) in [4.78, 5) is 23.6. The smallest absolute Gasteiger partial charge is 0.230 e. The molecular formula is C16H22N6O. The van der Waals surface area contributed by atoms with Gasteiger partial charge in [0, 0.05) is 43.8 Å². The summed E-state index contributed by atoms with van der Waals surface area (Å²) in [6.45, 7) is 5.46. The normalized spacial score (nSPS) is 18.0. The summed E-state index contributed by atoms with van der Waals surface area (Å²) in [5.74, 6) is 1.25. The first kappa shape index (κ1) is 15.5. The quantitative estimate of drug-likeness (QED) is 0.933. The molecule has 0 unspecified atom stereocenters. The second-order valence-corrected chi connectivity index (χ2v) is 6.10. The van der Waals surface area contributed by atoms with Crippen LogP contribution in [0.4, 0.5) is 11.8 Å². The monoisotopic (exact) mass is 314 g/mol. The minimum absolute atomic E-state index is 0.0118. The Morgan fingerprint density at radius 3 is 2.70 bits per heavy atom. The van der Waals surface area contributed by atoms with Crippen molar-refractivity contribution in [1.29, 1.82) is 0 Å². The largest absolute Gasteiger partial charge is 0.340 e. The fourth-order valence-electron chi connectivity index (χ4n) is 2.93. The molecule has 0 aliphatic carbocycles. The van der Waals surface area contributed by atoms with E-state index in [0.717, 1.165) is 36.7 Å². The van der Waals surface area contributed by atoms with Crippen LogP contribution in [-0.2, 0) is 11.8 Å². The number of aryl methyl sites for hydroxylation is 3. The van der Waals surface area contributed by atoms with Crippen molar-refractivity contribution in [2.24, 2.45) is 13.0 Å². The van der Waals surface area contributed by atoms with Crippen LogP contribution in [-0.4, -0.2) is 38.7 Å². The highest BCUT2D eigenvalue weighted by Crippen LogP contribution is 2.22. The second kappa shape index (κ2) is 6.36. The molecule has 3 rings (SSSR count).